The number of hydrogen-bond acceptors (Lipinski definition) is 5. The normalized spacial score (nSPS) is 13.7. The van der Waals surface area contributed by atoms with E-state index in [-0.39, 0.29) is 5.91 Å². The lowest BCUT2D eigenvalue weighted by atomic mass is 10.2. The summed E-state index contributed by atoms with van der Waals surface area (Å²) in [4.78, 5) is 27.4. The third kappa shape index (κ3) is 3.82. The first-order valence-corrected chi connectivity index (χ1v) is 8.88. The number of imidazole rings is 1. The standard InChI is InChI=1S/C19H21N5O2/c25-19(17-18(16-4-5-16)26-14-22-17)24(12-15-3-1-6-20-11-15)9-2-8-23-10-7-21-13-23/h1,3,6-7,10-11,13-14,16H,2,4-5,8-9,12H2. The summed E-state index contributed by atoms with van der Waals surface area (Å²) in [7, 11) is 0. The van der Waals surface area contributed by atoms with E-state index in [0.29, 0.717) is 24.7 Å². The fourth-order valence-corrected chi connectivity index (χ4v) is 3.03. The number of nitrogens with zero attached hydrogens (tertiary/aromatic N) is 5. The van der Waals surface area contributed by atoms with Gasteiger partial charge in [0, 0.05) is 50.3 Å². The van der Waals surface area contributed by atoms with E-state index >= 15 is 0 Å². The molecule has 4 rings (SSSR count). The van der Waals surface area contributed by atoms with Gasteiger partial charge in [0.2, 0.25) is 0 Å². The summed E-state index contributed by atoms with van der Waals surface area (Å²) >= 11 is 0. The molecular weight excluding hydrogens is 330 g/mol. The molecule has 1 fully saturated rings. The van der Waals surface area contributed by atoms with Crippen molar-refractivity contribution in [3.8, 4) is 0 Å². The molecule has 3 heterocycles. The average Bonchev–Trinajstić information content (AvgIpc) is 3.17. The van der Waals surface area contributed by atoms with Crippen molar-refractivity contribution < 1.29 is 9.21 Å². The van der Waals surface area contributed by atoms with E-state index in [0.717, 1.165) is 37.1 Å². The van der Waals surface area contributed by atoms with Crippen molar-refractivity contribution in [2.24, 2.45) is 0 Å². The average molecular weight is 351 g/mol. The van der Waals surface area contributed by atoms with Gasteiger partial charge in [0.15, 0.2) is 12.1 Å². The van der Waals surface area contributed by atoms with Crippen LogP contribution in [0.5, 0.6) is 0 Å². The molecule has 0 N–H and O–H groups in total. The van der Waals surface area contributed by atoms with Crippen molar-refractivity contribution >= 4 is 5.91 Å². The number of hydrogen-bond donors (Lipinski definition) is 0. The third-order valence-electron chi connectivity index (χ3n) is 4.53. The minimum absolute atomic E-state index is 0.0739. The Morgan fingerprint density at radius 2 is 2.23 bits per heavy atom. The number of carbonyl (C=O) groups is 1. The fraction of sp³-hybridized carbons (Fsp3) is 0.368. The number of rotatable bonds is 8. The van der Waals surface area contributed by atoms with E-state index in [9.17, 15) is 4.79 Å². The molecule has 1 amide bonds. The van der Waals surface area contributed by atoms with Gasteiger partial charge < -0.3 is 13.9 Å². The van der Waals surface area contributed by atoms with Gasteiger partial charge in [0.05, 0.1) is 6.33 Å². The number of amides is 1. The molecule has 0 bridgehead atoms. The maximum Gasteiger partial charge on any atom is 0.276 e. The summed E-state index contributed by atoms with van der Waals surface area (Å²) in [6, 6.07) is 3.86. The Kier molecular flexibility index (Phi) is 4.77. The van der Waals surface area contributed by atoms with E-state index in [1.807, 2.05) is 27.8 Å². The van der Waals surface area contributed by atoms with Crippen molar-refractivity contribution in [3.63, 3.8) is 0 Å². The van der Waals surface area contributed by atoms with Crippen LogP contribution in [-0.4, -0.2) is 36.9 Å². The Hall–Kier alpha value is -2.96. The Balaban J connectivity index is 1.48. The monoisotopic (exact) mass is 351 g/mol. The Bertz CT molecular complexity index is 840. The summed E-state index contributed by atoms with van der Waals surface area (Å²) in [6.07, 6.45) is 13.4. The zero-order valence-corrected chi connectivity index (χ0v) is 14.5. The zero-order chi connectivity index (χ0) is 17.8. The first-order chi connectivity index (χ1) is 12.8. The molecule has 7 heteroatoms. The van der Waals surface area contributed by atoms with Crippen LogP contribution in [0.1, 0.15) is 47.0 Å². The molecule has 0 saturated heterocycles. The van der Waals surface area contributed by atoms with Crippen molar-refractivity contribution in [3.05, 3.63) is 66.7 Å². The molecule has 7 nitrogen and oxygen atoms in total. The molecule has 0 spiro atoms. The Morgan fingerprint density at radius 1 is 1.31 bits per heavy atom. The van der Waals surface area contributed by atoms with E-state index < -0.39 is 0 Å². The summed E-state index contributed by atoms with van der Waals surface area (Å²) in [6.45, 7) is 1.95. The summed E-state index contributed by atoms with van der Waals surface area (Å²) in [5.41, 5.74) is 1.46. The highest BCUT2D eigenvalue weighted by atomic mass is 16.3. The lowest BCUT2D eigenvalue weighted by Gasteiger charge is -2.22. The van der Waals surface area contributed by atoms with E-state index in [1.54, 1.807) is 24.9 Å². The van der Waals surface area contributed by atoms with Gasteiger partial charge in [0.1, 0.15) is 5.76 Å². The second kappa shape index (κ2) is 7.51. The van der Waals surface area contributed by atoms with Crippen LogP contribution in [0.25, 0.3) is 0 Å². The molecule has 26 heavy (non-hydrogen) atoms. The van der Waals surface area contributed by atoms with Gasteiger partial charge in [-0.15, -0.1) is 0 Å². The van der Waals surface area contributed by atoms with Crippen LogP contribution in [-0.2, 0) is 13.1 Å². The molecule has 1 aliphatic rings. The highest BCUT2D eigenvalue weighted by molar-refractivity contribution is 5.93. The van der Waals surface area contributed by atoms with Crippen LogP contribution in [0.2, 0.25) is 0 Å². The number of oxazole rings is 1. The quantitative estimate of drug-likeness (QED) is 0.624. The molecule has 1 aliphatic carbocycles. The second-order valence-corrected chi connectivity index (χ2v) is 6.58. The maximum atomic E-state index is 13.1. The van der Waals surface area contributed by atoms with Crippen LogP contribution in [0.3, 0.4) is 0 Å². The van der Waals surface area contributed by atoms with Gasteiger partial charge in [-0.1, -0.05) is 6.07 Å². The number of carbonyl (C=O) groups excluding carboxylic acids is 1. The van der Waals surface area contributed by atoms with Crippen LogP contribution in [0, 0.1) is 0 Å². The molecule has 0 aromatic carbocycles. The third-order valence-corrected chi connectivity index (χ3v) is 4.53. The molecule has 0 aliphatic heterocycles. The molecule has 0 atom stereocenters. The zero-order valence-electron chi connectivity index (χ0n) is 14.5. The molecule has 0 unspecified atom stereocenters. The van der Waals surface area contributed by atoms with Crippen molar-refractivity contribution in [1.82, 2.24) is 24.4 Å². The van der Waals surface area contributed by atoms with E-state index in [1.165, 1.54) is 6.39 Å². The first-order valence-electron chi connectivity index (χ1n) is 8.88. The van der Waals surface area contributed by atoms with Crippen molar-refractivity contribution in [1.29, 1.82) is 0 Å². The van der Waals surface area contributed by atoms with Crippen LogP contribution in [0.15, 0.2) is 54.1 Å². The topological polar surface area (TPSA) is 77.0 Å². The number of pyridine rings is 1. The number of aryl methyl sites for hydroxylation is 1. The molecule has 3 aromatic rings. The lowest BCUT2D eigenvalue weighted by Crippen LogP contribution is -2.33. The molecule has 3 aromatic heterocycles. The molecule has 0 radical (unpaired) electrons. The summed E-state index contributed by atoms with van der Waals surface area (Å²) < 4.78 is 7.50. The first kappa shape index (κ1) is 16.5. The maximum absolute atomic E-state index is 13.1. The van der Waals surface area contributed by atoms with E-state index in [4.69, 9.17) is 4.42 Å². The van der Waals surface area contributed by atoms with Crippen molar-refractivity contribution in [2.75, 3.05) is 6.54 Å². The van der Waals surface area contributed by atoms with Crippen LogP contribution in [0.4, 0.5) is 0 Å². The van der Waals surface area contributed by atoms with Gasteiger partial charge in [-0.2, -0.15) is 0 Å². The minimum atomic E-state index is -0.0739. The van der Waals surface area contributed by atoms with Gasteiger partial charge in [-0.05, 0) is 30.9 Å². The highest BCUT2D eigenvalue weighted by Gasteiger charge is 2.33. The van der Waals surface area contributed by atoms with Gasteiger partial charge in [-0.25, -0.2) is 9.97 Å². The molecular formula is C19H21N5O2. The van der Waals surface area contributed by atoms with E-state index in [2.05, 4.69) is 15.0 Å². The van der Waals surface area contributed by atoms with Crippen LogP contribution >= 0.6 is 0 Å². The van der Waals surface area contributed by atoms with Crippen LogP contribution < -0.4 is 0 Å². The largest absolute Gasteiger partial charge is 0.447 e. The predicted molar refractivity (Wildman–Crippen MR) is 94.3 cm³/mol. The van der Waals surface area contributed by atoms with Crippen molar-refractivity contribution in [2.45, 2.75) is 38.3 Å². The van der Waals surface area contributed by atoms with Gasteiger partial charge in [-0.3, -0.25) is 9.78 Å². The van der Waals surface area contributed by atoms with Gasteiger partial charge >= 0.3 is 0 Å². The summed E-state index contributed by atoms with van der Waals surface area (Å²) in [5, 5.41) is 0. The fourth-order valence-electron chi connectivity index (χ4n) is 3.03. The lowest BCUT2D eigenvalue weighted by molar-refractivity contribution is 0.0731. The smallest absolute Gasteiger partial charge is 0.276 e. The van der Waals surface area contributed by atoms with Gasteiger partial charge in [0.25, 0.3) is 5.91 Å². The Labute approximate surface area is 151 Å². The second-order valence-electron chi connectivity index (χ2n) is 6.58. The molecule has 134 valence electrons. The number of aromatic nitrogens is 4. The predicted octanol–water partition coefficient (Wildman–Crippen LogP) is 2.88. The highest BCUT2D eigenvalue weighted by Crippen LogP contribution is 2.41. The SMILES string of the molecule is O=C(c1ncoc1C1CC1)N(CCCn1ccnc1)Cc1cccnc1. The summed E-state index contributed by atoms with van der Waals surface area (Å²) in [5.74, 6) is 1.01. The Morgan fingerprint density at radius 3 is 2.96 bits per heavy atom. The molecule has 1 saturated carbocycles. The minimum Gasteiger partial charge on any atom is -0.447 e.